The van der Waals surface area contributed by atoms with Crippen LogP contribution in [0.5, 0.6) is 0 Å². The molecule has 23 heavy (non-hydrogen) atoms. The van der Waals surface area contributed by atoms with Crippen LogP contribution in [-0.2, 0) is 0 Å². The van der Waals surface area contributed by atoms with Crippen LogP contribution in [0.4, 0.5) is 0 Å². The van der Waals surface area contributed by atoms with E-state index in [1.807, 2.05) is 0 Å². The first kappa shape index (κ1) is 14.8. The Morgan fingerprint density at radius 3 is 2.83 bits per heavy atom. The number of nitrogens with zero attached hydrogens (tertiary/aromatic N) is 2. The van der Waals surface area contributed by atoms with E-state index in [2.05, 4.69) is 41.4 Å². The third-order valence-electron chi connectivity index (χ3n) is 5.54. The van der Waals surface area contributed by atoms with E-state index in [9.17, 15) is 0 Å². The summed E-state index contributed by atoms with van der Waals surface area (Å²) < 4.78 is 0. The molecule has 0 saturated heterocycles. The number of benzene rings is 1. The second-order valence-corrected chi connectivity index (χ2v) is 7.23. The highest BCUT2D eigenvalue weighted by atomic mass is 15.3. The smallest absolute Gasteiger partial charge is 0.148 e. The maximum Gasteiger partial charge on any atom is 0.148 e. The van der Waals surface area contributed by atoms with E-state index in [1.165, 1.54) is 66.9 Å². The van der Waals surface area contributed by atoms with Crippen molar-refractivity contribution >= 4 is 5.71 Å². The Morgan fingerprint density at radius 2 is 2.00 bits per heavy atom. The van der Waals surface area contributed by atoms with Crippen LogP contribution in [0.2, 0.25) is 0 Å². The molecule has 122 valence electrons. The van der Waals surface area contributed by atoms with Crippen molar-refractivity contribution in [2.45, 2.75) is 45.4 Å². The molecule has 0 radical (unpaired) electrons. The van der Waals surface area contributed by atoms with Crippen LogP contribution < -0.4 is 5.32 Å². The Labute approximate surface area is 139 Å². The quantitative estimate of drug-likeness (QED) is 0.918. The van der Waals surface area contributed by atoms with E-state index < -0.39 is 0 Å². The number of allylic oxidation sites excluding steroid dienone is 1. The second-order valence-electron chi connectivity index (χ2n) is 7.23. The lowest BCUT2D eigenvalue weighted by molar-refractivity contribution is 0.322. The van der Waals surface area contributed by atoms with Gasteiger partial charge >= 0.3 is 0 Å². The zero-order valence-electron chi connectivity index (χ0n) is 14.1. The molecule has 1 aromatic rings. The molecule has 2 heterocycles. The number of fused-ring (bicyclic) bond motifs is 1. The van der Waals surface area contributed by atoms with Gasteiger partial charge in [0, 0.05) is 18.7 Å². The molecule has 1 fully saturated rings. The van der Waals surface area contributed by atoms with E-state index in [4.69, 9.17) is 4.99 Å². The standard InChI is InChI=1S/C20H27N3/c1-15-7-5-6-10-17(15)19-14-23-12-11-21-18(20(23)22-19)13-16-8-3-2-4-9-16/h5-7,10,16,21H,2-4,8-9,11-14H2,1H3. The minimum absolute atomic E-state index is 0.858. The number of rotatable bonds is 3. The Hall–Kier alpha value is -1.77. The Morgan fingerprint density at radius 1 is 1.17 bits per heavy atom. The molecule has 0 unspecified atom stereocenters. The molecule has 1 aliphatic carbocycles. The van der Waals surface area contributed by atoms with E-state index >= 15 is 0 Å². The minimum Gasteiger partial charge on any atom is -0.384 e. The summed E-state index contributed by atoms with van der Waals surface area (Å²) in [7, 11) is 0. The normalized spacial score (nSPS) is 22.0. The number of hydrogen-bond acceptors (Lipinski definition) is 3. The molecular weight excluding hydrogens is 282 g/mol. The maximum atomic E-state index is 5.05. The van der Waals surface area contributed by atoms with Gasteiger partial charge in [-0.05, 0) is 24.8 Å². The monoisotopic (exact) mass is 309 g/mol. The van der Waals surface area contributed by atoms with Crippen molar-refractivity contribution in [2.75, 3.05) is 19.6 Å². The molecule has 0 amide bonds. The first-order valence-electron chi connectivity index (χ1n) is 9.17. The molecule has 2 aliphatic heterocycles. The van der Waals surface area contributed by atoms with Gasteiger partial charge in [-0.1, -0.05) is 56.4 Å². The fraction of sp³-hybridized carbons (Fsp3) is 0.550. The number of aliphatic imine (C=N–C) groups is 1. The first-order chi connectivity index (χ1) is 11.3. The van der Waals surface area contributed by atoms with Gasteiger partial charge < -0.3 is 10.2 Å². The predicted molar refractivity (Wildman–Crippen MR) is 95.5 cm³/mol. The molecular formula is C20H27N3. The maximum absolute atomic E-state index is 5.05. The Kier molecular flexibility index (Phi) is 4.11. The third kappa shape index (κ3) is 3.01. The van der Waals surface area contributed by atoms with Gasteiger partial charge in [-0.2, -0.15) is 0 Å². The number of hydrogen-bond donors (Lipinski definition) is 1. The molecule has 0 bridgehead atoms. The molecule has 4 rings (SSSR count). The summed E-state index contributed by atoms with van der Waals surface area (Å²) in [5, 5.41) is 3.66. The van der Waals surface area contributed by atoms with E-state index in [-0.39, 0.29) is 0 Å². The van der Waals surface area contributed by atoms with Crippen LogP contribution in [0.1, 0.15) is 49.7 Å². The van der Waals surface area contributed by atoms with Crippen molar-refractivity contribution in [1.29, 1.82) is 0 Å². The zero-order chi connectivity index (χ0) is 15.6. The largest absolute Gasteiger partial charge is 0.384 e. The van der Waals surface area contributed by atoms with Gasteiger partial charge in [0.05, 0.1) is 18.0 Å². The molecule has 1 saturated carbocycles. The van der Waals surface area contributed by atoms with E-state index in [0.29, 0.717) is 0 Å². The van der Waals surface area contributed by atoms with Crippen molar-refractivity contribution in [1.82, 2.24) is 10.2 Å². The van der Waals surface area contributed by atoms with Gasteiger partial charge in [0.25, 0.3) is 0 Å². The predicted octanol–water partition coefficient (Wildman–Crippen LogP) is 3.84. The SMILES string of the molecule is Cc1ccccc1C1=NC2=C(CC3CCCCC3)NCCN2C1. The van der Waals surface area contributed by atoms with Gasteiger partial charge in [0.2, 0.25) is 0 Å². The molecule has 0 spiro atoms. The summed E-state index contributed by atoms with van der Waals surface area (Å²) in [6.07, 6.45) is 8.23. The lowest BCUT2D eigenvalue weighted by Crippen LogP contribution is -2.38. The van der Waals surface area contributed by atoms with Crippen LogP contribution in [0, 0.1) is 12.8 Å². The number of aryl methyl sites for hydroxylation is 1. The fourth-order valence-corrected chi connectivity index (χ4v) is 4.24. The third-order valence-corrected chi connectivity index (χ3v) is 5.54. The van der Waals surface area contributed by atoms with Gasteiger partial charge in [-0.3, -0.25) is 0 Å². The van der Waals surface area contributed by atoms with Gasteiger partial charge in [0.1, 0.15) is 5.82 Å². The van der Waals surface area contributed by atoms with Crippen LogP contribution in [0.3, 0.4) is 0 Å². The molecule has 1 aromatic carbocycles. The minimum atomic E-state index is 0.858. The molecule has 3 aliphatic rings. The summed E-state index contributed by atoms with van der Waals surface area (Å²) in [5.74, 6) is 2.08. The van der Waals surface area contributed by atoms with Crippen LogP contribution in [-0.4, -0.2) is 30.2 Å². The average molecular weight is 309 g/mol. The summed E-state index contributed by atoms with van der Waals surface area (Å²) >= 11 is 0. The van der Waals surface area contributed by atoms with E-state index in [0.717, 1.165) is 25.6 Å². The van der Waals surface area contributed by atoms with E-state index in [1.54, 1.807) is 0 Å². The summed E-state index contributed by atoms with van der Waals surface area (Å²) in [4.78, 5) is 7.52. The lowest BCUT2D eigenvalue weighted by Gasteiger charge is -2.30. The molecule has 1 N–H and O–H groups in total. The number of nitrogens with one attached hydrogen (secondary N) is 1. The lowest BCUT2D eigenvalue weighted by atomic mass is 9.86. The van der Waals surface area contributed by atoms with Crippen LogP contribution >= 0.6 is 0 Å². The van der Waals surface area contributed by atoms with Gasteiger partial charge in [-0.25, -0.2) is 4.99 Å². The highest BCUT2D eigenvalue weighted by Gasteiger charge is 2.29. The van der Waals surface area contributed by atoms with Crippen LogP contribution in [0.15, 0.2) is 40.8 Å². The van der Waals surface area contributed by atoms with Crippen molar-refractivity contribution in [3.8, 4) is 0 Å². The van der Waals surface area contributed by atoms with Crippen molar-refractivity contribution in [3.63, 3.8) is 0 Å². The topological polar surface area (TPSA) is 27.6 Å². The molecule has 0 atom stereocenters. The zero-order valence-corrected chi connectivity index (χ0v) is 14.1. The highest BCUT2D eigenvalue weighted by Crippen LogP contribution is 2.32. The van der Waals surface area contributed by atoms with Crippen molar-refractivity contribution in [2.24, 2.45) is 10.9 Å². The fourth-order valence-electron chi connectivity index (χ4n) is 4.24. The average Bonchev–Trinajstić information content (AvgIpc) is 3.01. The van der Waals surface area contributed by atoms with Crippen molar-refractivity contribution in [3.05, 3.63) is 46.9 Å². The second kappa shape index (κ2) is 6.38. The molecule has 3 nitrogen and oxygen atoms in total. The molecule has 0 aromatic heterocycles. The van der Waals surface area contributed by atoms with Gasteiger partial charge in [-0.15, -0.1) is 0 Å². The summed E-state index contributed by atoms with van der Waals surface area (Å²) in [6.45, 7) is 5.28. The van der Waals surface area contributed by atoms with Crippen molar-refractivity contribution < 1.29 is 0 Å². The van der Waals surface area contributed by atoms with Crippen LogP contribution in [0.25, 0.3) is 0 Å². The molecule has 3 heteroatoms. The van der Waals surface area contributed by atoms with Gasteiger partial charge in [0.15, 0.2) is 0 Å². The highest BCUT2D eigenvalue weighted by molar-refractivity contribution is 6.05. The summed E-state index contributed by atoms with van der Waals surface area (Å²) in [5.41, 5.74) is 5.27. The Balaban J connectivity index is 1.60. The summed E-state index contributed by atoms with van der Waals surface area (Å²) in [6, 6.07) is 8.63. The first-order valence-corrected chi connectivity index (χ1v) is 9.17. The Bertz CT molecular complexity index is 638.